The quantitative estimate of drug-likeness (QED) is 0.278. The largest absolute Gasteiger partial charge is 1.00 e. The van der Waals surface area contributed by atoms with Gasteiger partial charge in [0.2, 0.25) is 5.69 Å². The number of aromatic nitrogens is 2. The lowest BCUT2D eigenvalue weighted by Crippen LogP contribution is -3.00. The van der Waals surface area contributed by atoms with E-state index in [4.69, 9.17) is 0 Å². The summed E-state index contributed by atoms with van der Waals surface area (Å²) >= 11 is 3.23. The highest BCUT2D eigenvalue weighted by molar-refractivity contribution is 7.11. The SMILES string of the molecule is CCn1c(=O)/c(=C\Nc2ccccc2)s/c1=C/c1scc(-c2ccccc2)[n+]1CC.[I-]. The Morgan fingerprint density at radius 2 is 1.71 bits per heavy atom. The summed E-state index contributed by atoms with van der Waals surface area (Å²) in [5.74, 6) is 0. The molecule has 0 amide bonds. The summed E-state index contributed by atoms with van der Waals surface area (Å²) in [5.41, 5.74) is 3.41. The molecule has 0 unspecified atom stereocenters. The van der Waals surface area contributed by atoms with Crippen LogP contribution in [0.4, 0.5) is 5.69 Å². The Bertz CT molecular complexity index is 1310. The second-order valence-electron chi connectivity index (χ2n) is 6.72. The molecule has 0 aliphatic heterocycles. The van der Waals surface area contributed by atoms with Crippen molar-refractivity contribution in [1.29, 1.82) is 0 Å². The summed E-state index contributed by atoms with van der Waals surface area (Å²) in [5, 5.41) is 6.57. The number of hydrogen-bond donors (Lipinski definition) is 1. The molecule has 0 radical (unpaired) electrons. The summed E-state index contributed by atoms with van der Waals surface area (Å²) in [6.07, 6.45) is 3.94. The highest BCUT2D eigenvalue weighted by Gasteiger charge is 2.19. The first-order chi connectivity index (χ1) is 14.7. The Hall–Kier alpha value is -2.23. The summed E-state index contributed by atoms with van der Waals surface area (Å²) in [6, 6.07) is 20.3. The van der Waals surface area contributed by atoms with E-state index in [2.05, 4.69) is 52.5 Å². The Labute approximate surface area is 206 Å². The van der Waals surface area contributed by atoms with E-state index >= 15 is 0 Å². The number of thiazole rings is 2. The van der Waals surface area contributed by atoms with Gasteiger partial charge in [0, 0.05) is 24.0 Å². The standard InChI is InChI=1S/C24H23N3OS2.HI/c1-3-26-20(18-11-7-5-8-12-18)17-29-22(26)15-23-27(4-2)24(28)21(30-23)16-25-19-13-9-6-10-14-19;/h5-17H,3-4H2,1-2H3;1H. The summed E-state index contributed by atoms with van der Waals surface area (Å²) < 4.78 is 5.81. The Morgan fingerprint density at radius 1 is 1.03 bits per heavy atom. The minimum absolute atomic E-state index is 0. The van der Waals surface area contributed by atoms with Crippen LogP contribution in [0.5, 0.6) is 0 Å². The highest BCUT2D eigenvalue weighted by atomic mass is 127. The van der Waals surface area contributed by atoms with Crippen LogP contribution in [-0.2, 0) is 13.1 Å². The first-order valence-electron chi connectivity index (χ1n) is 10.0. The first kappa shape index (κ1) is 23.4. The van der Waals surface area contributed by atoms with Crippen molar-refractivity contribution in [2.45, 2.75) is 26.9 Å². The molecule has 7 heteroatoms. The molecular formula is C24H24IN3OS2. The molecule has 2 heterocycles. The van der Waals surface area contributed by atoms with Crippen molar-refractivity contribution in [3.63, 3.8) is 0 Å². The topological polar surface area (TPSA) is 37.9 Å². The molecule has 4 aromatic rings. The van der Waals surface area contributed by atoms with Crippen LogP contribution < -0.4 is 48.6 Å². The van der Waals surface area contributed by atoms with E-state index in [0.29, 0.717) is 11.1 Å². The molecule has 0 atom stereocenters. The second-order valence-corrected chi connectivity index (χ2v) is 8.67. The Morgan fingerprint density at radius 3 is 2.35 bits per heavy atom. The number of nitrogens with one attached hydrogen (secondary N) is 1. The van der Waals surface area contributed by atoms with Crippen molar-refractivity contribution in [2.75, 3.05) is 5.32 Å². The average molecular weight is 562 g/mol. The van der Waals surface area contributed by atoms with Crippen molar-refractivity contribution in [3.8, 4) is 11.3 Å². The van der Waals surface area contributed by atoms with E-state index in [1.165, 1.54) is 22.6 Å². The summed E-state index contributed by atoms with van der Waals surface area (Å²) in [4.78, 5) is 12.9. The normalized spacial score (nSPS) is 12.1. The van der Waals surface area contributed by atoms with Gasteiger partial charge in [-0.05, 0) is 38.1 Å². The van der Waals surface area contributed by atoms with Crippen LogP contribution in [0.15, 0.2) is 70.8 Å². The zero-order valence-corrected chi connectivity index (χ0v) is 21.2. The van der Waals surface area contributed by atoms with Gasteiger partial charge in [0.25, 0.3) is 10.6 Å². The molecule has 4 nitrogen and oxygen atoms in total. The molecule has 1 N–H and O–H groups in total. The third-order valence-electron chi connectivity index (χ3n) is 4.88. The molecule has 0 spiro atoms. The van der Waals surface area contributed by atoms with Crippen LogP contribution in [0.1, 0.15) is 18.9 Å². The Kier molecular flexibility index (Phi) is 8.22. The van der Waals surface area contributed by atoms with Gasteiger partial charge in [-0.15, -0.1) is 11.3 Å². The highest BCUT2D eigenvalue weighted by Crippen LogP contribution is 2.20. The molecule has 0 saturated heterocycles. The van der Waals surface area contributed by atoms with Crippen LogP contribution >= 0.6 is 22.7 Å². The van der Waals surface area contributed by atoms with Gasteiger partial charge in [0.15, 0.2) is 0 Å². The number of halogens is 1. The molecule has 0 fully saturated rings. The predicted molar refractivity (Wildman–Crippen MR) is 127 cm³/mol. The second kappa shape index (κ2) is 10.9. The van der Waals surface area contributed by atoms with Crippen LogP contribution in [0.25, 0.3) is 23.5 Å². The van der Waals surface area contributed by atoms with Gasteiger partial charge < -0.3 is 29.3 Å². The molecule has 2 aromatic carbocycles. The maximum atomic E-state index is 12.9. The van der Waals surface area contributed by atoms with Gasteiger partial charge in [-0.1, -0.05) is 47.7 Å². The van der Waals surface area contributed by atoms with E-state index in [-0.39, 0.29) is 29.5 Å². The monoisotopic (exact) mass is 561 g/mol. The maximum absolute atomic E-state index is 12.9. The van der Waals surface area contributed by atoms with E-state index < -0.39 is 0 Å². The zero-order valence-electron chi connectivity index (χ0n) is 17.4. The van der Waals surface area contributed by atoms with Crippen molar-refractivity contribution in [3.05, 3.63) is 90.6 Å². The van der Waals surface area contributed by atoms with Crippen LogP contribution in [0.2, 0.25) is 0 Å². The lowest BCUT2D eigenvalue weighted by molar-refractivity contribution is -0.679. The third kappa shape index (κ3) is 5.16. The number of hydrogen-bond acceptors (Lipinski definition) is 4. The third-order valence-corrected chi connectivity index (χ3v) is 6.86. The van der Waals surface area contributed by atoms with Gasteiger partial charge in [0.1, 0.15) is 15.7 Å². The van der Waals surface area contributed by atoms with Gasteiger partial charge >= 0.3 is 0 Å². The van der Waals surface area contributed by atoms with Crippen LogP contribution in [0, 0.1) is 0 Å². The van der Waals surface area contributed by atoms with Gasteiger partial charge in [-0.2, -0.15) is 4.57 Å². The van der Waals surface area contributed by atoms with Crippen molar-refractivity contribution < 1.29 is 28.5 Å². The number of rotatable bonds is 6. The van der Waals surface area contributed by atoms with Crippen LogP contribution in [0.3, 0.4) is 0 Å². The molecule has 2 aromatic heterocycles. The smallest absolute Gasteiger partial charge is 0.270 e. The average Bonchev–Trinajstić information content (AvgIpc) is 3.33. The van der Waals surface area contributed by atoms with Crippen molar-refractivity contribution in [2.24, 2.45) is 0 Å². The fourth-order valence-electron chi connectivity index (χ4n) is 3.36. The molecule has 0 aliphatic carbocycles. The zero-order chi connectivity index (χ0) is 20.9. The number of anilines is 1. The molecule has 31 heavy (non-hydrogen) atoms. The summed E-state index contributed by atoms with van der Waals surface area (Å²) in [6.45, 7) is 5.68. The molecule has 160 valence electrons. The van der Waals surface area contributed by atoms with E-state index in [9.17, 15) is 4.79 Å². The van der Waals surface area contributed by atoms with E-state index in [0.717, 1.165) is 21.9 Å². The number of para-hydroxylation sites is 1. The molecule has 0 saturated carbocycles. The minimum atomic E-state index is 0. The van der Waals surface area contributed by atoms with Crippen molar-refractivity contribution in [1.82, 2.24) is 4.57 Å². The van der Waals surface area contributed by atoms with Gasteiger partial charge in [0.05, 0.1) is 11.5 Å². The van der Waals surface area contributed by atoms with Gasteiger partial charge in [-0.25, -0.2) is 0 Å². The molecular weight excluding hydrogens is 537 g/mol. The van der Waals surface area contributed by atoms with E-state index in [1.54, 1.807) is 11.3 Å². The lowest BCUT2D eigenvalue weighted by atomic mass is 10.2. The molecule has 0 bridgehead atoms. The fraction of sp³-hybridized carbons (Fsp3) is 0.167. The fourth-order valence-corrected chi connectivity index (χ4v) is 5.50. The lowest BCUT2D eigenvalue weighted by Gasteiger charge is -1.98. The number of nitrogens with zero attached hydrogens (tertiary/aromatic N) is 2. The molecule has 0 aliphatic rings. The first-order valence-corrected chi connectivity index (χ1v) is 11.7. The van der Waals surface area contributed by atoms with Crippen LogP contribution in [-0.4, -0.2) is 4.57 Å². The predicted octanol–water partition coefficient (Wildman–Crippen LogP) is 0.649. The maximum Gasteiger partial charge on any atom is 0.270 e. The van der Waals surface area contributed by atoms with Gasteiger partial charge in [-0.3, -0.25) is 9.36 Å². The number of benzene rings is 2. The Balaban J connectivity index is 0.00000272. The minimum Gasteiger partial charge on any atom is -1.00 e. The van der Waals surface area contributed by atoms with E-state index in [1.807, 2.05) is 54.1 Å². The summed E-state index contributed by atoms with van der Waals surface area (Å²) in [7, 11) is 0. The molecule has 4 rings (SSSR count). The van der Waals surface area contributed by atoms with Crippen molar-refractivity contribution >= 4 is 40.6 Å².